The lowest BCUT2D eigenvalue weighted by Crippen LogP contribution is -2.40. The third-order valence-electron chi connectivity index (χ3n) is 4.56. The van der Waals surface area contributed by atoms with Crippen molar-refractivity contribution in [2.24, 2.45) is 20.0 Å². The van der Waals surface area contributed by atoms with E-state index in [9.17, 15) is 9.90 Å². The van der Waals surface area contributed by atoms with Crippen LogP contribution in [0, 0.1) is 5.92 Å². The van der Waals surface area contributed by atoms with E-state index in [0.717, 1.165) is 12.8 Å². The highest BCUT2D eigenvalue weighted by atomic mass is 16.3. The fourth-order valence-corrected chi connectivity index (χ4v) is 3.14. The zero-order valence-electron chi connectivity index (χ0n) is 13.0. The van der Waals surface area contributed by atoms with Gasteiger partial charge in [0.2, 0.25) is 0 Å². The Balaban J connectivity index is 1.62. The number of carbonyl (C=O) groups is 1. The second kappa shape index (κ2) is 5.96. The lowest BCUT2D eigenvalue weighted by Gasteiger charge is -2.34. The monoisotopic (exact) mass is 302 g/mol. The van der Waals surface area contributed by atoms with E-state index in [0.29, 0.717) is 24.6 Å². The van der Waals surface area contributed by atoms with Crippen molar-refractivity contribution in [2.75, 3.05) is 13.1 Å². The molecule has 2 aromatic heterocycles. The van der Waals surface area contributed by atoms with Gasteiger partial charge in [0.05, 0.1) is 0 Å². The van der Waals surface area contributed by atoms with Crippen molar-refractivity contribution >= 4 is 5.91 Å². The van der Waals surface area contributed by atoms with Crippen molar-refractivity contribution in [3.8, 4) is 0 Å². The van der Waals surface area contributed by atoms with Crippen LogP contribution in [-0.4, -0.2) is 43.1 Å². The number of piperidine rings is 1. The first-order valence-corrected chi connectivity index (χ1v) is 7.64. The van der Waals surface area contributed by atoms with Crippen LogP contribution in [0.3, 0.4) is 0 Å². The van der Waals surface area contributed by atoms with Gasteiger partial charge < -0.3 is 19.1 Å². The second-order valence-corrected chi connectivity index (χ2v) is 5.98. The normalized spacial score (nSPS) is 17.7. The SMILES string of the molecule is Cn1cccc1C(=O)N1CCC([C@H](O)c2nccn2C)CC1. The van der Waals surface area contributed by atoms with Crippen LogP contribution in [0.4, 0.5) is 0 Å². The minimum atomic E-state index is -0.563. The predicted molar refractivity (Wildman–Crippen MR) is 82.2 cm³/mol. The van der Waals surface area contributed by atoms with Crippen LogP contribution in [0.15, 0.2) is 30.7 Å². The van der Waals surface area contributed by atoms with Gasteiger partial charge in [0.1, 0.15) is 17.6 Å². The molecule has 6 nitrogen and oxygen atoms in total. The second-order valence-electron chi connectivity index (χ2n) is 5.98. The first kappa shape index (κ1) is 14.8. The molecule has 6 heteroatoms. The molecule has 0 bridgehead atoms. The number of rotatable bonds is 3. The molecule has 1 atom stereocenters. The van der Waals surface area contributed by atoms with Crippen LogP contribution >= 0.6 is 0 Å². The quantitative estimate of drug-likeness (QED) is 0.931. The molecule has 0 unspecified atom stereocenters. The van der Waals surface area contributed by atoms with Gasteiger partial charge in [-0.1, -0.05) is 0 Å². The van der Waals surface area contributed by atoms with Crippen molar-refractivity contribution in [3.63, 3.8) is 0 Å². The van der Waals surface area contributed by atoms with E-state index in [1.807, 2.05) is 52.7 Å². The molecule has 2 aromatic rings. The molecule has 1 aliphatic rings. The maximum Gasteiger partial charge on any atom is 0.270 e. The number of nitrogens with zero attached hydrogens (tertiary/aromatic N) is 4. The Kier molecular flexibility index (Phi) is 4.02. The van der Waals surface area contributed by atoms with E-state index >= 15 is 0 Å². The van der Waals surface area contributed by atoms with Crippen molar-refractivity contribution in [1.29, 1.82) is 0 Å². The molecule has 1 fully saturated rings. The highest BCUT2D eigenvalue weighted by Crippen LogP contribution is 2.30. The molecule has 22 heavy (non-hydrogen) atoms. The summed E-state index contributed by atoms with van der Waals surface area (Å²) in [4.78, 5) is 18.6. The highest BCUT2D eigenvalue weighted by molar-refractivity contribution is 5.92. The molecule has 0 aromatic carbocycles. The first-order chi connectivity index (χ1) is 10.6. The summed E-state index contributed by atoms with van der Waals surface area (Å²) in [6, 6.07) is 3.72. The van der Waals surface area contributed by atoms with Gasteiger partial charge in [-0.15, -0.1) is 0 Å². The van der Waals surface area contributed by atoms with E-state index in [-0.39, 0.29) is 11.8 Å². The van der Waals surface area contributed by atoms with Crippen LogP contribution in [0.25, 0.3) is 0 Å². The highest BCUT2D eigenvalue weighted by Gasteiger charge is 2.30. The number of amides is 1. The molecule has 0 aliphatic carbocycles. The molecule has 0 spiro atoms. The Morgan fingerprint density at radius 2 is 2.00 bits per heavy atom. The summed E-state index contributed by atoms with van der Waals surface area (Å²) in [7, 11) is 3.77. The first-order valence-electron chi connectivity index (χ1n) is 7.64. The van der Waals surface area contributed by atoms with Crippen molar-refractivity contribution in [1.82, 2.24) is 19.0 Å². The van der Waals surface area contributed by atoms with Gasteiger partial charge in [-0.25, -0.2) is 4.98 Å². The fourth-order valence-electron chi connectivity index (χ4n) is 3.14. The third kappa shape index (κ3) is 2.66. The standard InChI is InChI=1S/C16H22N4O2/c1-18-8-3-4-13(18)16(22)20-9-5-12(6-10-20)14(21)15-17-7-11-19(15)2/h3-4,7-8,11-12,14,21H,5-6,9-10H2,1-2H3/t14-/m0/s1. The molecule has 1 N–H and O–H groups in total. The number of aryl methyl sites for hydroxylation is 2. The molecular weight excluding hydrogens is 280 g/mol. The van der Waals surface area contributed by atoms with Crippen LogP contribution in [0.1, 0.15) is 35.3 Å². The smallest absolute Gasteiger partial charge is 0.270 e. The zero-order valence-corrected chi connectivity index (χ0v) is 13.0. The average Bonchev–Trinajstić information content (AvgIpc) is 3.14. The Labute approximate surface area is 130 Å². The van der Waals surface area contributed by atoms with Gasteiger partial charge in [-0.3, -0.25) is 4.79 Å². The fraction of sp³-hybridized carbons (Fsp3) is 0.500. The summed E-state index contributed by atoms with van der Waals surface area (Å²) < 4.78 is 3.70. The summed E-state index contributed by atoms with van der Waals surface area (Å²) in [5.74, 6) is 0.920. The minimum absolute atomic E-state index is 0.0671. The topological polar surface area (TPSA) is 63.3 Å². The number of aliphatic hydroxyl groups is 1. The lowest BCUT2D eigenvalue weighted by molar-refractivity contribution is 0.0415. The van der Waals surface area contributed by atoms with E-state index in [2.05, 4.69) is 4.98 Å². The van der Waals surface area contributed by atoms with E-state index < -0.39 is 6.10 Å². The summed E-state index contributed by atoms with van der Waals surface area (Å²) in [5, 5.41) is 10.5. The van der Waals surface area contributed by atoms with Gasteiger partial charge in [0, 0.05) is 45.8 Å². The Bertz CT molecular complexity index is 653. The largest absolute Gasteiger partial charge is 0.385 e. The van der Waals surface area contributed by atoms with Gasteiger partial charge in [0.15, 0.2) is 0 Å². The molecule has 1 amide bonds. The molecule has 118 valence electrons. The van der Waals surface area contributed by atoms with Crippen molar-refractivity contribution in [3.05, 3.63) is 42.2 Å². The van der Waals surface area contributed by atoms with E-state index in [1.165, 1.54) is 0 Å². The van der Waals surface area contributed by atoms with Crippen LogP contribution in [-0.2, 0) is 14.1 Å². The Hall–Kier alpha value is -2.08. The molecular formula is C16H22N4O2. The number of hydrogen-bond acceptors (Lipinski definition) is 3. The molecule has 3 rings (SSSR count). The minimum Gasteiger partial charge on any atom is -0.385 e. The van der Waals surface area contributed by atoms with E-state index in [1.54, 1.807) is 6.20 Å². The number of hydrogen-bond donors (Lipinski definition) is 1. The summed E-state index contributed by atoms with van der Waals surface area (Å²) in [6.07, 6.45) is 6.45. The van der Waals surface area contributed by atoms with Crippen LogP contribution in [0.5, 0.6) is 0 Å². The summed E-state index contributed by atoms with van der Waals surface area (Å²) in [6.45, 7) is 1.35. The average molecular weight is 302 g/mol. The number of likely N-dealkylation sites (tertiary alicyclic amines) is 1. The maximum atomic E-state index is 12.5. The Morgan fingerprint density at radius 3 is 2.55 bits per heavy atom. The van der Waals surface area contributed by atoms with Crippen LogP contribution in [0.2, 0.25) is 0 Å². The summed E-state index contributed by atoms with van der Waals surface area (Å²) >= 11 is 0. The maximum absolute atomic E-state index is 12.5. The van der Waals surface area contributed by atoms with Gasteiger partial charge >= 0.3 is 0 Å². The number of imidazole rings is 1. The van der Waals surface area contributed by atoms with Gasteiger partial charge in [-0.05, 0) is 30.9 Å². The van der Waals surface area contributed by atoms with Gasteiger partial charge in [-0.2, -0.15) is 0 Å². The molecule has 0 radical (unpaired) electrons. The molecule has 1 saturated heterocycles. The van der Waals surface area contributed by atoms with Crippen molar-refractivity contribution < 1.29 is 9.90 Å². The zero-order chi connectivity index (χ0) is 15.7. The predicted octanol–water partition coefficient (Wildman–Crippen LogP) is 1.34. The van der Waals surface area contributed by atoms with Gasteiger partial charge in [0.25, 0.3) is 5.91 Å². The lowest BCUT2D eigenvalue weighted by atomic mass is 9.90. The Morgan fingerprint density at radius 1 is 1.27 bits per heavy atom. The number of aliphatic hydroxyl groups excluding tert-OH is 1. The number of carbonyl (C=O) groups excluding carboxylic acids is 1. The molecule has 0 saturated carbocycles. The third-order valence-corrected chi connectivity index (χ3v) is 4.56. The van der Waals surface area contributed by atoms with Crippen molar-refractivity contribution in [2.45, 2.75) is 18.9 Å². The molecule has 3 heterocycles. The number of aromatic nitrogens is 3. The summed E-state index contributed by atoms with van der Waals surface area (Å²) in [5.41, 5.74) is 0.711. The van der Waals surface area contributed by atoms with E-state index in [4.69, 9.17) is 0 Å². The van der Waals surface area contributed by atoms with Crippen LogP contribution < -0.4 is 0 Å². The molecule has 1 aliphatic heterocycles.